The van der Waals surface area contributed by atoms with E-state index in [1.54, 1.807) is 0 Å². The van der Waals surface area contributed by atoms with Crippen LogP contribution in [-0.4, -0.2) is 36.5 Å². The van der Waals surface area contributed by atoms with E-state index in [1.165, 1.54) is 19.4 Å². The van der Waals surface area contributed by atoms with Gasteiger partial charge < -0.3 is 10.2 Å². The molecule has 1 saturated carbocycles. The molecule has 0 aromatic heterocycles. The highest BCUT2D eigenvalue weighted by Gasteiger charge is 2.25. The van der Waals surface area contributed by atoms with Crippen molar-refractivity contribution >= 4 is 30.7 Å². The van der Waals surface area contributed by atoms with Gasteiger partial charge in [-0.25, -0.2) is 0 Å². The van der Waals surface area contributed by atoms with E-state index in [0.29, 0.717) is 18.4 Å². The zero-order valence-corrected chi connectivity index (χ0v) is 13.1. The first-order chi connectivity index (χ1) is 8.29. The van der Waals surface area contributed by atoms with Crippen LogP contribution >= 0.6 is 24.8 Å². The summed E-state index contributed by atoms with van der Waals surface area (Å²) in [6, 6.07) is 0.638. The number of likely N-dealkylation sites (tertiary alicyclic amines) is 1. The maximum Gasteiger partial charge on any atom is 0.222 e. The molecule has 2 aliphatic rings. The van der Waals surface area contributed by atoms with Gasteiger partial charge in [0, 0.05) is 25.6 Å². The van der Waals surface area contributed by atoms with E-state index in [1.807, 2.05) is 11.0 Å². The molecular weight excluding hydrogens is 283 g/mol. The fourth-order valence-electron chi connectivity index (χ4n) is 2.37. The molecule has 19 heavy (non-hydrogen) atoms. The molecule has 0 spiro atoms. The van der Waals surface area contributed by atoms with Gasteiger partial charge in [0.1, 0.15) is 0 Å². The van der Waals surface area contributed by atoms with Crippen LogP contribution in [0.25, 0.3) is 0 Å². The van der Waals surface area contributed by atoms with E-state index < -0.39 is 0 Å². The number of hydrogen-bond donors (Lipinski definition) is 1. The lowest BCUT2D eigenvalue weighted by Crippen LogP contribution is -2.45. The van der Waals surface area contributed by atoms with Gasteiger partial charge in [0.15, 0.2) is 0 Å². The fourth-order valence-corrected chi connectivity index (χ4v) is 2.37. The molecule has 1 heterocycles. The van der Waals surface area contributed by atoms with Crippen LogP contribution in [0.15, 0.2) is 12.7 Å². The van der Waals surface area contributed by atoms with Crippen LogP contribution in [0.3, 0.4) is 0 Å². The zero-order valence-electron chi connectivity index (χ0n) is 11.5. The molecule has 3 nitrogen and oxygen atoms in total. The minimum absolute atomic E-state index is 0. The monoisotopic (exact) mass is 308 g/mol. The first-order valence-corrected chi connectivity index (χ1v) is 6.91. The second-order valence-electron chi connectivity index (χ2n) is 5.33. The van der Waals surface area contributed by atoms with E-state index in [2.05, 4.69) is 11.9 Å². The van der Waals surface area contributed by atoms with Crippen LogP contribution in [0.1, 0.15) is 38.5 Å². The number of piperidine rings is 1. The Bertz CT molecular complexity index is 275. The average Bonchev–Trinajstić information content (AvgIpc) is 3.18. The highest BCUT2D eigenvalue weighted by Crippen LogP contribution is 2.28. The van der Waals surface area contributed by atoms with Crippen LogP contribution in [0.2, 0.25) is 0 Å². The highest BCUT2D eigenvalue weighted by atomic mass is 35.5. The number of hydrogen-bond acceptors (Lipinski definition) is 2. The summed E-state index contributed by atoms with van der Waals surface area (Å²) in [5.41, 5.74) is 0. The number of allylic oxidation sites excluding steroid dienone is 1. The maximum absolute atomic E-state index is 11.8. The van der Waals surface area contributed by atoms with Crippen molar-refractivity contribution in [3.63, 3.8) is 0 Å². The van der Waals surface area contributed by atoms with Gasteiger partial charge in [-0.05, 0) is 44.6 Å². The summed E-state index contributed by atoms with van der Waals surface area (Å²) in [6.07, 6.45) is 8.31. The van der Waals surface area contributed by atoms with Crippen molar-refractivity contribution in [2.75, 3.05) is 19.6 Å². The third-order valence-corrected chi connectivity index (χ3v) is 3.80. The Labute approximate surface area is 129 Å². The minimum Gasteiger partial charge on any atom is -0.343 e. The Balaban J connectivity index is 0.00000162. The number of carbonyl (C=O) groups is 1. The third-order valence-electron chi connectivity index (χ3n) is 3.80. The summed E-state index contributed by atoms with van der Waals surface area (Å²) in [5, 5.41) is 3.63. The minimum atomic E-state index is 0. The summed E-state index contributed by atoms with van der Waals surface area (Å²) in [6.45, 7) is 6.70. The lowest BCUT2D eigenvalue weighted by atomic mass is 10.0. The second kappa shape index (κ2) is 9.62. The Morgan fingerprint density at radius 2 is 1.84 bits per heavy atom. The molecule has 2 fully saturated rings. The van der Waals surface area contributed by atoms with Crippen molar-refractivity contribution in [3.05, 3.63) is 12.7 Å². The van der Waals surface area contributed by atoms with Crippen molar-refractivity contribution in [2.45, 2.75) is 44.6 Å². The summed E-state index contributed by atoms with van der Waals surface area (Å²) >= 11 is 0. The molecule has 2 rings (SSSR count). The second-order valence-corrected chi connectivity index (χ2v) is 5.33. The zero-order chi connectivity index (χ0) is 12.1. The van der Waals surface area contributed by atoms with Crippen LogP contribution in [0, 0.1) is 5.92 Å². The quantitative estimate of drug-likeness (QED) is 0.765. The average molecular weight is 309 g/mol. The summed E-state index contributed by atoms with van der Waals surface area (Å²) in [5.74, 6) is 1.24. The number of nitrogens with one attached hydrogen (secondary N) is 1. The Morgan fingerprint density at radius 3 is 2.37 bits per heavy atom. The van der Waals surface area contributed by atoms with E-state index in [0.717, 1.165) is 38.3 Å². The molecule has 0 aromatic carbocycles. The molecule has 1 aliphatic heterocycles. The van der Waals surface area contributed by atoms with E-state index in [9.17, 15) is 4.79 Å². The lowest BCUT2D eigenvalue weighted by Gasteiger charge is -2.32. The topological polar surface area (TPSA) is 32.3 Å². The molecule has 0 unspecified atom stereocenters. The fraction of sp³-hybridized carbons (Fsp3) is 0.786. The Morgan fingerprint density at radius 1 is 1.21 bits per heavy atom. The van der Waals surface area contributed by atoms with Gasteiger partial charge >= 0.3 is 0 Å². The summed E-state index contributed by atoms with van der Waals surface area (Å²) in [7, 11) is 0. The van der Waals surface area contributed by atoms with Gasteiger partial charge in [0.05, 0.1) is 0 Å². The lowest BCUT2D eigenvalue weighted by molar-refractivity contribution is -0.132. The molecule has 0 radical (unpaired) electrons. The van der Waals surface area contributed by atoms with Gasteiger partial charge in [-0.15, -0.1) is 31.4 Å². The van der Waals surface area contributed by atoms with Crippen LogP contribution in [-0.2, 0) is 4.79 Å². The number of rotatable bonds is 6. The molecule has 1 saturated heterocycles. The van der Waals surface area contributed by atoms with Crippen molar-refractivity contribution in [1.29, 1.82) is 0 Å². The largest absolute Gasteiger partial charge is 0.343 e. The van der Waals surface area contributed by atoms with Crippen molar-refractivity contribution in [2.24, 2.45) is 5.92 Å². The molecule has 1 amide bonds. The van der Waals surface area contributed by atoms with Crippen LogP contribution in [0.5, 0.6) is 0 Å². The third kappa shape index (κ3) is 6.64. The molecular formula is C14H26Cl2N2O. The van der Waals surface area contributed by atoms with E-state index in [4.69, 9.17) is 0 Å². The number of nitrogens with zero attached hydrogens (tertiary/aromatic N) is 1. The molecule has 1 N–H and O–H groups in total. The van der Waals surface area contributed by atoms with E-state index in [-0.39, 0.29) is 24.8 Å². The van der Waals surface area contributed by atoms with Gasteiger partial charge in [-0.1, -0.05) is 6.08 Å². The standard InChI is InChI=1S/C14H24N2O.2ClH/c1-2-3-4-14(17)16-9-7-13(8-10-16)15-11-12-5-6-12;;/h2,12-13,15H,1,3-11H2;2*1H. The molecule has 1 aliphatic carbocycles. The Hall–Kier alpha value is -0.250. The first-order valence-electron chi connectivity index (χ1n) is 6.91. The van der Waals surface area contributed by atoms with Gasteiger partial charge in [0.25, 0.3) is 0 Å². The molecule has 0 aromatic rings. The van der Waals surface area contributed by atoms with Crippen LogP contribution < -0.4 is 5.32 Å². The molecule has 5 heteroatoms. The smallest absolute Gasteiger partial charge is 0.222 e. The predicted molar refractivity (Wildman–Crippen MR) is 84.3 cm³/mol. The SMILES string of the molecule is C=CCCC(=O)N1CCC(NCC2CC2)CC1.Cl.Cl. The summed E-state index contributed by atoms with van der Waals surface area (Å²) < 4.78 is 0. The van der Waals surface area contributed by atoms with Crippen molar-refractivity contribution in [1.82, 2.24) is 10.2 Å². The van der Waals surface area contributed by atoms with E-state index >= 15 is 0 Å². The normalized spacial score (nSPS) is 19.3. The van der Waals surface area contributed by atoms with Crippen LogP contribution in [0.4, 0.5) is 0 Å². The molecule has 112 valence electrons. The highest BCUT2D eigenvalue weighted by molar-refractivity contribution is 5.85. The van der Waals surface area contributed by atoms with Crippen molar-refractivity contribution < 1.29 is 4.79 Å². The van der Waals surface area contributed by atoms with Gasteiger partial charge in [-0.2, -0.15) is 0 Å². The number of amides is 1. The summed E-state index contributed by atoms with van der Waals surface area (Å²) in [4.78, 5) is 13.8. The predicted octanol–water partition coefficient (Wildman–Crippen LogP) is 2.79. The Kier molecular flexibility index (Phi) is 9.50. The van der Waals surface area contributed by atoms with Crippen molar-refractivity contribution in [3.8, 4) is 0 Å². The molecule has 0 atom stereocenters. The molecule has 0 bridgehead atoms. The van der Waals surface area contributed by atoms with Gasteiger partial charge in [-0.3, -0.25) is 4.79 Å². The first kappa shape index (κ1) is 18.8. The maximum atomic E-state index is 11.8. The number of halogens is 2. The van der Waals surface area contributed by atoms with Gasteiger partial charge in [0.2, 0.25) is 5.91 Å². The number of carbonyl (C=O) groups excluding carboxylic acids is 1.